The lowest BCUT2D eigenvalue weighted by Gasteiger charge is -2.10. The SMILES string of the molecule is CCOc1ccc(Br)cc1C(=O)c1cc(F)c(F)c(F)c1. The molecule has 2 rings (SSSR count). The molecule has 0 aromatic heterocycles. The minimum absolute atomic E-state index is 0.136. The maximum absolute atomic E-state index is 13.2. The Hall–Kier alpha value is -1.82. The maximum Gasteiger partial charge on any atom is 0.197 e. The van der Waals surface area contributed by atoms with Gasteiger partial charge in [0, 0.05) is 10.0 Å². The van der Waals surface area contributed by atoms with E-state index in [1.807, 2.05) is 0 Å². The van der Waals surface area contributed by atoms with Crippen molar-refractivity contribution in [3.8, 4) is 5.75 Å². The summed E-state index contributed by atoms with van der Waals surface area (Å²) in [5.74, 6) is -4.79. The number of ketones is 1. The molecule has 0 atom stereocenters. The predicted molar refractivity (Wildman–Crippen MR) is 75.1 cm³/mol. The fourth-order valence-corrected chi connectivity index (χ4v) is 2.16. The van der Waals surface area contributed by atoms with Crippen molar-refractivity contribution in [2.24, 2.45) is 0 Å². The first-order valence-corrected chi connectivity index (χ1v) is 6.85. The third kappa shape index (κ3) is 3.26. The van der Waals surface area contributed by atoms with Gasteiger partial charge in [0.05, 0.1) is 12.2 Å². The summed E-state index contributed by atoms with van der Waals surface area (Å²) in [4.78, 5) is 12.4. The lowest BCUT2D eigenvalue weighted by molar-refractivity contribution is 0.103. The molecule has 0 unspecified atom stereocenters. The third-order valence-corrected chi connectivity index (χ3v) is 3.23. The van der Waals surface area contributed by atoms with Gasteiger partial charge in [-0.15, -0.1) is 0 Å². The second kappa shape index (κ2) is 6.30. The molecule has 0 spiro atoms. The fraction of sp³-hybridized carbons (Fsp3) is 0.133. The summed E-state index contributed by atoms with van der Waals surface area (Å²) in [6, 6.07) is 6.05. The van der Waals surface area contributed by atoms with Gasteiger partial charge in [0.25, 0.3) is 0 Å². The topological polar surface area (TPSA) is 26.3 Å². The number of hydrogen-bond donors (Lipinski definition) is 0. The summed E-state index contributed by atoms with van der Waals surface area (Å²) < 4.78 is 45.3. The number of rotatable bonds is 4. The van der Waals surface area contributed by atoms with Crippen LogP contribution in [0.3, 0.4) is 0 Å². The summed E-state index contributed by atoms with van der Waals surface area (Å²) in [5.41, 5.74) is -0.151. The highest BCUT2D eigenvalue weighted by Crippen LogP contribution is 2.27. The fourth-order valence-electron chi connectivity index (χ4n) is 1.80. The number of halogens is 4. The van der Waals surface area contributed by atoms with E-state index >= 15 is 0 Å². The summed E-state index contributed by atoms with van der Waals surface area (Å²) in [7, 11) is 0. The summed E-state index contributed by atoms with van der Waals surface area (Å²) >= 11 is 3.21. The first-order valence-electron chi connectivity index (χ1n) is 6.05. The van der Waals surface area contributed by atoms with Crippen LogP contribution in [0.25, 0.3) is 0 Å². The average molecular weight is 359 g/mol. The zero-order valence-corrected chi connectivity index (χ0v) is 12.5. The van der Waals surface area contributed by atoms with Crippen LogP contribution in [0.4, 0.5) is 13.2 Å². The molecule has 0 radical (unpaired) electrons. The molecule has 0 amide bonds. The van der Waals surface area contributed by atoms with Crippen molar-refractivity contribution >= 4 is 21.7 Å². The van der Waals surface area contributed by atoms with E-state index in [2.05, 4.69) is 15.9 Å². The maximum atomic E-state index is 13.2. The van der Waals surface area contributed by atoms with Gasteiger partial charge in [-0.3, -0.25) is 4.79 Å². The number of ether oxygens (including phenoxy) is 1. The quantitative estimate of drug-likeness (QED) is 0.594. The first kappa shape index (κ1) is 15.6. The van der Waals surface area contributed by atoms with Crippen molar-refractivity contribution in [3.63, 3.8) is 0 Å². The van der Waals surface area contributed by atoms with E-state index in [4.69, 9.17) is 4.74 Å². The molecule has 0 aliphatic rings. The lowest BCUT2D eigenvalue weighted by atomic mass is 10.0. The van der Waals surface area contributed by atoms with Crippen LogP contribution < -0.4 is 4.74 Å². The number of hydrogen-bond acceptors (Lipinski definition) is 2. The zero-order chi connectivity index (χ0) is 15.6. The Balaban J connectivity index is 2.51. The molecule has 0 aliphatic carbocycles. The highest BCUT2D eigenvalue weighted by atomic mass is 79.9. The van der Waals surface area contributed by atoms with E-state index in [1.165, 1.54) is 6.07 Å². The van der Waals surface area contributed by atoms with E-state index < -0.39 is 23.2 Å². The molecular formula is C15H10BrF3O2. The van der Waals surface area contributed by atoms with Crippen molar-refractivity contribution in [1.82, 2.24) is 0 Å². The summed E-state index contributed by atoms with van der Waals surface area (Å²) in [6.07, 6.45) is 0. The van der Waals surface area contributed by atoms with Gasteiger partial charge < -0.3 is 4.74 Å². The van der Waals surface area contributed by atoms with Crippen LogP contribution in [0.2, 0.25) is 0 Å². The smallest absolute Gasteiger partial charge is 0.197 e. The van der Waals surface area contributed by atoms with Crippen LogP contribution in [0.5, 0.6) is 5.75 Å². The van der Waals surface area contributed by atoms with Crippen molar-refractivity contribution in [2.75, 3.05) is 6.61 Å². The average Bonchev–Trinajstić information content (AvgIpc) is 2.45. The first-order chi connectivity index (χ1) is 9.93. The highest BCUT2D eigenvalue weighted by molar-refractivity contribution is 9.10. The lowest BCUT2D eigenvalue weighted by Crippen LogP contribution is -2.07. The molecule has 2 aromatic carbocycles. The van der Waals surface area contributed by atoms with E-state index in [9.17, 15) is 18.0 Å². The Bertz CT molecular complexity index is 678. The minimum atomic E-state index is -1.61. The van der Waals surface area contributed by atoms with Crippen LogP contribution in [-0.2, 0) is 0 Å². The Morgan fingerprint density at radius 1 is 1.14 bits per heavy atom. The molecule has 110 valence electrons. The number of benzene rings is 2. The summed E-state index contributed by atoms with van der Waals surface area (Å²) in [6.45, 7) is 2.07. The molecule has 2 nitrogen and oxygen atoms in total. The van der Waals surface area contributed by atoms with Crippen LogP contribution in [0, 0.1) is 17.5 Å². The van der Waals surface area contributed by atoms with E-state index in [1.54, 1.807) is 19.1 Å². The van der Waals surface area contributed by atoms with E-state index in [0.29, 0.717) is 23.2 Å². The van der Waals surface area contributed by atoms with Gasteiger partial charge in [-0.05, 0) is 37.3 Å². The largest absolute Gasteiger partial charge is 0.493 e. The van der Waals surface area contributed by atoms with Crippen molar-refractivity contribution < 1.29 is 22.7 Å². The van der Waals surface area contributed by atoms with Crippen LogP contribution in [0.1, 0.15) is 22.8 Å². The molecule has 0 heterocycles. The van der Waals surface area contributed by atoms with Gasteiger partial charge in [-0.2, -0.15) is 0 Å². The Morgan fingerprint density at radius 2 is 1.76 bits per heavy atom. The van der Waals surface area contributed by atoms with Crippen molar-refractivity contribution in [1.29, 1.82) is 0 Å². The molecule has 0 N–H and O–H groups in total. The zero-order valence-electron chi connectivity index (χ0n) is 10.9. The molecule has 0 aliphatic heterocycles. The van der Waals surface area contributed by atoms with Crippen molar-refractivity contribution in [2.45, 2.75) is 6.92 Å². The van der Waals surface area contributed by atoms with Gasteiger partial charge in [-0.25, -0.2) is 13.2 Å². The van der Waals surface area contributed by atoms with Gasteiger partial charge in [0.1, 0.15) is 5.75 Å². The van der Waals surface area contributed by atoms with Crippen molar-refractivity contribution in [3.05, 3.63) is 63.4 Å². The predicted octanol–water partition coefficient (Wildman–Crippen LogP) is 4.50. The van der Waals surface area contributed by atoms with Gasteiger partial charge in [0.15, 0.2) is 23.2 Å². The van der Waals surface area contributed by atoms with Crippen LogP contribution in [0.15, 0.2) is 34.8 Å². The molecule has 0 bridgehead atoms. The second-order valence-electron chi connectivity index (χ2n) is 4.16. The molecule has 21 heavy (non-hydrogen) atoms. The van der Waals surface area contributed by atoms with Gasteiger partial charge in [0.2, 0.25) is 0 Å². The Labute approximate surface area is 127 Å². The summed E-state index contributed by atoms with van der Waals surface area (Å²) in [5, 5.41) is 0. The van der Waals surface area contributed by atoms with Gasteiger partial charge in [-0.1, -0.05) is 15.9 Å². The van der Waals surface area contributed by atoms with Crippen LogP contribution in [-0.4, -0.2) is 12.4 Å². The number of carbonyl (C=O) groups is 1. The molecular weight excluding hydrogens is 349 g/mol. The second-order valence-corrected chi connectivity index (χ2v) is 5.07. The van der Waals surface area contributed by atoms with Crippen LogP contribution >= 0.6 is 15.9 Å². The molecule has 0 fully saturated rings. The minimum Gasteiger partial charge on any atom is -0.493 e. The van der Waals surface area contributed by atoms with E-state index in [0.717, 1.165) is 0 Å². The molecule has 0 saturated carbocycles. The molecule has 6 heteroatoms. The third-order valence-electron chi connectivity index (χ3n) is 2.73. The normalized spacial score (nSPS) is 10.5. The highest BCUT2D eigenvalue weighted by Gasteiger charge is 2.19. The van der Waals surface area contributed by atoms with E-state index in [-0.39, 0.29) is 16.9 Å². The molecule has 0 saturated heterocycles. The Kier molecular flexibility index (Phi) is 4.67. The monoisotopic (exact) mass is 358 g/mol. The standard InChI is InChI=1S/C15H10BrF3O2/c1-2-21-13-4-3-9(16)7-10(13)15(20)8-5-11(17)14(19)12(18)6-8/h3-7H,2H2,1H3. The van der Waals surface area contributed by atoms with Gasteiger partial charge >= 0.3 is 0 Å². The molecule has 2 aromatic rings. The number of carbonyl (C=O) groups excluding carboxylic acids is 1. The Morgan fingerprint density at radius 3 is 2.33 bits per heavy atom.